The highest BCUT2D eigenvalue weighted by atomic mass is 79.9. The van der Waals surface area contributed by atoms with Crippen LogP contribution in [0.3, 0.4) is 0 Å². The van der Waals surface area contributed by atoms with Crippen LogP contribution in [0.15, 0.2) is 53.0 Å². The SMILES string of the molecule is CC(C)(C)c1ccc(C(=O)[N+](Cl)(N(Cl)C(=O)c2ccccc2Br)C(C)(C)C)cc1.Cl. The third kappa shape index (κ3) is 5.20. The zero-order valence-corrected chi connectivity index (χ0v) is 21.8. The van der Waals surface area contributed by atoms with Gasteiger partial charge < -0.3 is 0 Å². The van der Waals surface area contributed by atoms with Crippen molar-refractivity contribution in [2.24, 2.45) is 0 Å². The summed E-state index contributed by atoms with van der Waals surface area (Å²) in [7, 11) is 0. The van der Waals surface area contributed by atoms with Crippen molar-refractivity contribution in [3.63, 3.8) is 0 Å². The van der Waals surface area contributed by atoms with Gasteiger partial charge in [-0.25, -0.2) is 4.79 Å². The summed E-state index contributed by atoms with van der Waals surface area (Å²) in [5.41, 5.74) is 0.816. The Morgan fingerprint density at radius 2 is 1.43 bits per heavy atom. The molecule has 0 saturated carbocycles. The number of amides is 2. The van der Waals surface area contributed by atoms with Crippen molar-refractivity contribution in [3.05, 3.63) is 69.7 Å². The van der Waals surface area contributed by atoms with Crippen LogP contribution >= 0.6 is 51.9 Å². The Kier molecular flexibility index (Phi) is 8.59. The molecule has 8 heteroatoms. The van der Waals surface area contributed by atoms with E-state index in [1.807, 2.05) is 12.1 Å². The van der Waals surface area contributed by atoms with Gasteiger partial charge >= 0.3 is 11.8 Å². The lowest BCUT2D eigenvalue weighted by Gasteiger charge is -2.40. The van der Waals surface area contributed by atoms with Crippen LogP contribution < -0.4 is 0 Å². The number of carbonyl (C=O) groups excluding carboxylic acids is 2. The molecule has 0 aliphatic carbocycles. The van der Waals surface area contributed by atoms with E-state index >= 15 is 0 Å². The Hall–Kier alpha value is -1.11. The van der Waals surface area contributed by atoms with Crippen LogP contribution in [0.4, 0.5) is 0 Å². The van der Waals surface area contributed by atoms with Crippen molar-refractivity contribution in [1.82, 2.24) is 4.53 Å². The van der Waals surface area contributed by atoms with E-state index in [4.69, 9.17) is 23.6 Å². The van der Waals surface area contributed by atoms with E-state index in [9.17, 15) is 9.59 Å². The first kappa shape index (κ1) is 26.9. The summed E-state index contributed by atoms with van der Waals surface area (Å²) >= 11 is 16.6. The topological polar surface area (TPSA) is 37.4 Å². The smallest absolute Gasteiger partial charge is 0.262 e. The van der Waals surface area contributed by atoms with E-state index in [-0.39, 0.29) is 17.8 Å². The fraction of sp³-hybridized carbons (Fsp3) is 0.364. The maximum absolute atomic E-state index is 13.5. The van der Waals surface area contributed by atoms with Gasteiger partial charge in [0.15, 0.2) is 0 Å². The molecule has 2 aromatic rings. The summed E-state index contributed by atoms with van der Waals surface area (Å²) in [4.78, 5) is 26.6. The van der Waals surface area contributed by atoms with Crippen LogP contribution in [0.2, 0.25) is 0 Å². The Morgan fingerprint density at radius 1 is 0.933 bits per heavy atom. The van der Waals surface area contributed by atoms with Crippen LogP contribution in [0.1, 0.15) is 67.8 Å². The van der Waals surface area contributed by atoms with Crippen LogP contribution in [0.5, 0.6) is 0 Å². The third-order valence-electron chi connectivity index (χ3n) is 4.67. The van der Waals surface area contributed by atoms with Crippen molar-refractivity contribution in [1.29, 1.82) is 0 Å². The standard InChI is InChI=1S/C22H26BrCl2N2O2.ClH/c1-21(2,3)16-13-11-15(12-14-16)20(29)27(25,22(4,5)6)26(24)19(28)17-9-7-8-10-18(17)23;/h7-14H,1-6H3;1H/q+1;. The second-order valence-corrected chi connectivity index (χ2v) is 10.6. The molecule has 2 rings (SSSR count). The molecule has 0 aliphatic rings. The molecule has 4 nitrogen and oxygen atoms in total. The Balaban J connectivity index is 0.00000450. The maximum Gasteiger partial charge on any atom is 0.390 e. The molecule has 0 radical (unpaired) electrons. The fourth-order valence-electron chi connectivity index (χ4n) is 2.79. The minimum atomic E-state index is -0.941. The molecule has 0 spiro atoms. The number of quaternary nitrogens is 1. The summed E-state index contributed by atoms with van der Waals surface area (Å²) in [6, 6.07) is 14.1. The molecule has 0 aromatic heterocycles. The van der Waals surface area contributed by atoms with Gasteiger partial charge in [-0.05, 0) is 76.1 Å². The van der Waals surface area contributed by atoms with Crippen LogP contribution in [0.25, 0.3) is 0 Å². The van der Waals surface area contributed by atoms with E-state index in [1.165, 1.54) is 0 Å². The zero-order chi connectivity index (χ0) is 22.2. The highest BCUT2D eigenvalue weighted by Crippen LogP contribution is 2.37. The largest absolute Gasteiger partial charge is 0.390 e. The quantitative estimate of drug-likeness (QED) is 0.298. The predicted octanol–water partition coefficient (Wildman–Crippen LogP) is 7.29. The molecular formula is C22H27BrCl3N2O2+. The summed E-state index contributed by atoms with van der Waals surface area (Å²) < 4.78 is 0.389. The fourth-order valence-corrected chi connectivity index (χ4v) is 3.80. The van der Waals surface area contributed by atoms with Gasteiger partial charge in [0.25, 0.3) is 0 Å². The number of nitrogens with zero attached hydrogens (tertiary/aromatic N) is 2. The number of rotatable bonds is 2. The molecule has 2 amide bonds. The predicted molar refractivity (Wildman–Crippen MR) is 129 cm³/mol. The Labute approximate surface area is 203 Å². The molecule has 0 saturated heterocycles. The van der Waals surface area contributed by atoms with Crippen LogP contribution in [0, 0.1) is 0 Å². The minimum absolute atomic E-state index is 0. The first-order valence-corrected chi connectivity index (χ1v) is 10.7. The third-order valence-corrected chi connectivity index (χ3v) is 6.63. The average molecular weight is 538 g/mol. The first-order chi connectivity index (χ1) is 13.2. The average Bonchev–Trinajstić information content (AvgIpc) is 2.64. The van der Waals surface area contributed by atoms with E-state index < -0.39 is 21.5 Å². The number of hydrogen-bond donors (Lipinski definition) is 0. The molecule has 30 heavy (non-hydrogen) atoms. The van der Waals surface area contributed by atoms with E-state index in [2.05, 4.69) is 36.7 Å². The molecular weight excluding hydrogens is 511 g/mol. The summed E-state index contributed by atoms with van der Waals surface area (Å²) in [6.07, 6.45) is 0. The van der Waals surface area contributed by atoms with Gasteiger partial charge in [-0.2, -0.15) is 0 Å². The Bertz CT molecular complexity index is 921. The van der Waals surface area contributed by atoms with Crippen LogP contribution in [-0.4, -0.2) is 26.0 Å². The van der Waals surface area contributed by atoms with Crippen molar-refractivity contribution in [2.75, 3.05) is 0 Å². The van der Waals surface area contributed by atoms with Gasteiger partial charge in [-0.15, -0.1) is 12.4 Å². The van der Waals surface area contributed by atoms with Gasteiger partial charge in [0.05, 0.1) is 22.9 Å². The highest BCUT2D eigenvalue weighted by Gasteiger charge is 2.56. The van der Waals surface area contributed by atoms with Crippen molar-refractivity contribution >= 4 is 63.7 Å². The monoisotopic (exact) mass is 535 g/mol. The molecule has 1 atom stereocenters. The van der Waals surface area contributed by atoms with Gasteiger partial charge in [-0.1, -0.05) is 49.6 Å². The second-order valence-electron chi connectivity index (χ2n) is 8.90. The molecule has 0 bridgehead atoms. The van der Waals surface area contributed by atoms with Gasteiger partial charge in [0.1, 0.15) is 5.54 Å². The lowest BCUT2D eigenvalue weighted by Crippen LogP contribution is -2.64. The highest BCUT2D eigenvalue weighted by molar-refractivity contribution is 9.10. The van der Waals surface area contributed by atoms with Gasteiger partial charge in [0, 0.05) is 4.47 Å². The van der Waals surface area contributed by atoms with E-state index in [0.29, 0.717) is 15.6 Å². The van der Waals surface area contributed by atoms with Gasteiger partial charge in [0.2, 0.25) is 11.8 Å². The summed E-state index contributed by atoms with van der Waals surface area (Å²) in [5, 5.41) is 0. The number of hydrogen-bond acceptors (Lipinski definition) is 2. The summed E-state index contributed by atoms with van der Waals surface area (Å²) in [5.74, 6) is -1.07. The molecule has 0 fully saturated rings. The van der Waals surface area contributed by atoms with Crippen LogP contribution in [-0.2, 0) is 5.41 Å². The van der Waals surface area contributed by atoms with Crippen molar-refractivity contribution in [3.8, 4) is 0 Å². The van der Waals surface area contributed by atoms with E-state index in [1.54, 1.807) is 57.2 Å². The first-order valence-electron chi connectivity index (χ1n) is 9.20. The summed E-state index contributed by atoms with van der Waals surface area (Å²) in [6.45, 7) is 11.5. The maximum atomic E-state index is 13.5. The molecule has 0 heterocycles. The molecule has 0 aliphatic heterocycles. The Morgan fingerprint density at radius 3 is 1.87 bits per heavy atom. The molecule has 164 valence electrons. The van der Waals surface area contributed by atoms with E-state index in [0.717, 1.165) is 10.1 Å². The number of carbonyl (C=O) groups is 2. The molecule has 0 N–H and O–H groups in total. The molecule has 1 unspecified atom stereocenters. The normalized spacial score (nSPS) is 13.8. The zero-order valence-electron chi connectivity index (χ0n) is 17.9. The lowest BCUT2D eigenvalue weighted by atomic mass is 9.86. The number of halogens is 4. The number of benzene rings is 2. The minimum Gasteiger partial charge on any atom is -0.262 e. The molecule has 2 aromatic carbocycles. The second kappa shape index (κ2) is 9.58. The van der Waals surface area contributed by atoms with Crippen molar-refractivity contribution in [2.45, 2.75) is 52.5 Å². The van der Waals surface area contributed by atoms with Gasteiger partial charge in [-0.3, -0.25) is 4.79 Å². The lowest BCUT2D eigenvalue weighted by molar-refractivity contribution is -0.871. The van der Waals surface area contributed by atoms with Crippen molar-refractivity contribution < 1.29 is 13.7 Å².